The molecule has 0 aromatic carbocycles. The third kappa shape index (κ3) is 3.77. The summed E-state index contributed by atoms with van der Waals surface area (Å²) in [5.41, 5.74) is -0.177. The highest BCUT2D eigenvalue weighted by Crippen LogP contribution is 2.31. The predicted octanol–water partition coefficient (Wildman–Crippen LogP) is -0.221. The normalized spacial score (nSPS) is 15.5. The lowest BCUT2D eigenvalue weighted by atomic mass is 10.2. The van der Waals surface area contributed by atoms with Crippen LogP contribution in [0.3, 0.4) is 0 Å². The van der Waals surface area contributed by atoms with Crippen LogP contribution in [0.1, 0.15) is 22.0 Å². The number of aromatic nitrogens is 2. The third-order valence-electron chi connectivity index (χ3n) is 3.10. The van der Waals surface area contributed by atoms with Gasteiger partial charge in [0.1, 0.15) is 9.84 Å². The number of carbonyl (C=O) groups excluding carboxylic acids is 1. The quantitative estimate of drug-likeness (QED) is 0.790. The topological polar surface area (TPSA) is 93.1 Å². The van der Waals surface area contributed by atoms with Crippen molar-refractivity contribution in [3.63, 3.8) is 0 Å². The summed E-state index contributed by atoms with van der Waals surface area (Å²) in [6, 6.07) is 0. The van der Waals surface area contributed by atoms with Gasteiger partial charge in [0, 0.05) is 32.4 Å². The Morgan fingerprint density at radius 3 is 2.73 bits per heavy atom. The molecule has 1 amide bonds. The summed E-state index contributed by atoms with van der Waals surface area (Å²) < 4.78 is 61.8. The summed E-state index contributed by atoms with van der Waals surface area (Å²) in [4.78, 5) is 15.4. The average molecular weight is 340 g/mol. The summed E-state index contributed by atoms with van der Waals surface area (Å²) in [7, 11) is -3.27. The minimum Gasteiger partial charge on any atom is -0.350 e. The summed E-state index contributed by atoms with van der Waals surface area (Å²) >= 11 is 0. The van der Waals surface area contributed by atoms with E-state index < -0.39 is 27.7 Å². The standard InChI is InChI=1S/C11H15F3N4O3S/c1-22(20,21)5-3-16-9(19)8-7-6-15-2-4-18(7)10(17-8)11(12,13)14/h15H,2-6H2,1H3,(H,16,19). The van der Waals surface area contributed by atoms with Gasteiger partial charge in [-0.05, 0) is 0 Å². The van der Waals surface area contributed by atoms with Gasteiger partial charge < -0.3 is 15.2 Å². The number of hydrogen-bond acceptors (Lipinski definition) is 5. The van der Waals surface area contributed by atoms with Crippen molar-refractivity contribution in [2.45, 2.75) is 19.3 Å². The van der Waals surface area contributed by atoms with E-state index in [1.165, 1.54) is 0 Å². The number of nitrogens with zero attached hydrogens (tertiary/aromatic N) is 2. The van der Waals surface area contributed by atoms with Crippen LogP contribution in [0.25, 0.3) is 0 Å². The van der Waals surface area contributed by atoms with E-state index in [1.54, 1.807) is 0 Å². The minimum absolute atomic E-state index is 0.0633. The number of carbonyl (C=O) groups is 1. The number of alkyl halides is 3. The Labute approximate surface area is 124 Å². The highest BCUT2D eigenvalue weighted by atomic mass is 32.2. The van der Waals surface area contributed by atoms with Crippen LogP contribution in [0.5, 0.6) is 0 Å². The van der Waals surface area contributed by atoms with Crippen LogP contribution in [-0.4, -0.2) is 49.0 Å². The van der Waals surface area contributed by atoms with Crippen LogP contribution in [-0.2, 0) is 29.1 Å². The molecule has 0 fully saturated rings. The number of amides is 1. The van der Waals surface area contributed by atoms with Crippen molar-refractivity contribution in [1.82, 2.24) is 20.2 Å². The minimum atomic E-state index is -4.66. The van der Waals surface area contributed by atoms with E-state index in [-0.39, 0.29) is 36.8 Å². The Morgan fingerprint density at radius 1 is 1.45 bits per heavy atom. The zero-order chi connectivity index (χ0) is 16.5. The number of imidazole rings is 1. The lowest BCUT2D eigenvalue weighted by molar-refractivity contribution is -0.147. The number of nitrogens with one attached hydrogen (secondary N) is 2. The summed E-state index contributed by atoms with van der Waals surface area (Å²) in [5, 5.41) is 5.16. The Kier molecular flexibility index (Phi) is 4.47. The first-order valence-electron chi connectivity index (χ1n) is 6.43. The van der Waals surface area contributed by atoms with Crippen LogP contribution in [0.15, 0.2) is 0 Å². The molecule has 0 radical (unpaired) electrons. The maximum absolute atomic E-state index is 12.9. The molecular formula is C11H15F3N4O3S. The zero-order valence-electron chi connectivity index (χ0n) is 11.7. The van der Waals surface area contributed by atoms with Gasteiger partial charge in [-0.25, -0.2) is 13.4 Å². The molecule has 2 rings (SSSR count). The Morgan fingerprint density at radius 2 is 2.14 bits per heavy atom. The van der Waals surface area contributed by atoms with Crippen LogP contribution in [0.4, 0.5) is 13.2 Å². The van der Waals surface area contributed by atoms with Gasteiger partial charge in [-0.1, -0.05) is 0 Å². The highest BCUT2D eigenvalue weighted by molar-refractivity contribution is 7.90. The van der Waals surface area contributed by atoms with Crippen molar-refractivity contribution in [3.8, 4) is 0 Å². The number of rotatable bonds is 4. The molecule has 2 N–H and O–H groups in total. The second-order valence-corrected chi connectivity index (χ2v) is 7.20. The zero-order valence-corrected chi connectivity index (χ0v) is 12.5. The highest BCUT2D eigenvalue weighted by Gasteiger charge is 2.40. The largest absolute Gasteiger partial charge is 0.449 e. The van der Waals surface area contributed by atoms with E-state index in [0.29, 0.717) is 6.54 Å². The van der Waals surface area contributed by atoms with Crippen LogP contribution >= 0.6 is 0 Å². The molecule has 11 heteroatoms. The fourth-order valence-corrected chi connectivity index (χ4v) is 2.61. The van der Waals surface area contributed by atoms with Gasteiger partial charge in [0.05, 0.1) is 11.4 Å². The van der Waals surface area contributed by atoms with Crippen LogP contribution in [0.2, 0.25) is 0 Å². The van der Waals surface area contributed by atoms with Crippen LogP contribution in [0, 0.1) is 0 Å². The van der Waals surface area contributed by atoms with Crippen molar-refractivity contribution < 1.29 is 26.4 Å². The maximum atomic E-state index is 12.9. The van der Waals surface area contributed by atoms with Gasteiger partial charge in [-0.15, -0.1) is 0 Å². The molecular weight excluding hydrogens is 325 g/mol. The second kappa shape index (κ2) is 5.88. The van der Waals surface area contributed by atoms with Crippen molar-refractivity contribution in [2.24, 2.45) is 0 Å². The van der Waals surface area contributed by atoms with E-state index in [0.717, 1.165) is 10.8 Å². The number of hydrogen-bond donors (Lipinski definition) is 2. The lowest BCUT2D eigenvalue weighted by Gasteiger charge is -2.19. The summed E-state index contributed by atoms with van der Waals surface area (Å²) in [6.07, 6.45) is -3.65. The van der Waals surface area contributed by atoms with E-state index in [9.17, 15) is 26.4 Å². The molecule has 0 saturated heterocycles. The lowest BCUT2D eigenvalue weighted by Crippen LogP contribution is -2.33. The molecule has 0 aliphatic carbocycles. The van der Waals surface area contributed by atoms with Crippen molar-refractivity contribution >= 4 is 15.7 Å². The Bertz CT molecular complexity index is 681. The first-order chi connectivity index (χ1) is 10.1. The smallest absolute Gasteiger partial charge is 0.350 e. The molecule has 124 valence electrons. The summed E-state index contributed by atoms with van der Waals surface area (Å²) in [5.74, 6) is -2.22. The molecule has 22 heavy (non-hydrogen) atoms. The molecule has 1 aliphatic heterocycles. The molecule has 1 aromatic rings. The monoisotopic (exact) mass is 340 g/mol. The van der Waals surface area contributed by atoms with Gasteiger partial charge >= 0.3 is 6.18 Å². The molecule has 1 aliphatic rings. The summed E-state index contributed by atoms with van der Waals surface area (Å²) in [6.45, 7) is 0.325. The number of fused-ring (bicyclic) bond motifs is 1. The fourth-order valence-electron chi connectivity index (χ4n) is 2.14. The molecule has 0 saturated carbocycles. The average Bonchev–Trinajstić information content (AvgIpc) is 2.76. The Hall–Kier alpha value is -1.62. The third-order valence-corrected chi connectivity index (χ3v) is 4.05. The van der Waals surface area contributed by atoms with E-state index in [2.05, 4.69) is 15.6 Å². The van der Waals surface area contributed by atoms with Gasteiger partial charge in [0.2, 0.25) is 5.82 Å². The number of halogens is 3. The first kappa shape index (κ1) is 16.7. The predicted molar refractivity (Wildman–Crippen MR) is 71.0 cm³/mol. The van der Waals surface area contributed by atoms with Crippen LogP contribution < -0.4 is 10.6 Å². The van der Waals surface area contributed by atoms with E-state index in [1.807, 2.05) is 0 Å². The van der Waals surface area contributed by atoms with Crippen molar-refractivity contribution in [2.75, 3.05) is 25.1 Å². The SMILES string of the molecule is CS(=O)(=O)CCNC(=O)c1nc(C(F)(F)F)n2c1CNCC2. The van der Waals surface area contributed by atoms with Gasteiger partial charge in [0.15, 0.2) is 5.69 Å². The Balaban J connectivity index is 2.24. The van der Waals surface area contributed by atoms with Gasteiger partial charge in [0.25, 0.3) is 5.91 Å². The van der Waals surface area contributed by atoms with Gasteiger partial charge in [-0.3, -0.25) is 4.79 Å². The molecule has 0 bridgehead atoms. The molecule has 0 spiro atoms. The van der Waals surface area contributed by atoms with Crippen molar-refractivity contribution in [1.29, 1.82) is 0 Å². The molecule has 7 nitrogen and oxygen atoms in total. The molecule has 1 aromatic heterocycles. The molecule has 0 atom stereocenters. The molecule has 2 heterocycles. The second-order valence-electron chi connectivity index (χ2n) is 4.94. The maximum Gasteiger partial charge on any atom is 0.449 e. The first-order valence-corrected chi connectivity index (χ1v) is 8.49. The van der Waals surface area contributed by atoms with E-state index in [4.69, 9.17) is 0 Å². The van der Waals surface area contributed by atoms with Crippen molar-refractivity contribution in [3.05, 3.63) is 17.2 Å². The van der Waals surface area contributed by atoms with E-state index >= 15 is 0 Å². The van der Waals surface area contributed by atoms with Gasteiger partial charge in [-0.2, -0.15) is 13.2 Å². The number of sulfone groups is 1. The fraction of sp³-hybridized carbons (Fsp3) is 0.636. The molecule has 0 unspecified atom stereocenters.